The zero-order valence-electron chi connectivity index (χ0n) is 23.8. The highest BCUT2D eigenvalue weighted by Gasteiger charge is 2.28. The van der Waals surface area contributed by atoms with Crippen molar-refractivity contribution in [1.29, 1.82) is 0 Å². The van der Waals surface area contributed by atoms with Crippen molar-refractivity contribution in [2.24, 2.45) is 0 Å². The molecule has 0 saturated heterocycles. The molecule has 3 aromatic rings. The largest absolute Gasteiger partial charge is 0.496 e. The summed E-state index contributed by atoms with van der Waals surface area (Å²) in [5.41, 5.74) is 1.99. The van der Waals surface area contributed by atoms with Gasteiger partial charge in [-0.2, -0.15) is 0 Å². The summed E-state index contributed by atoms with van der Waals surface area (Å²) in [7, 11) is 7.52. The first-order valence-electron chi connectivity index (χ1n) is 12.7. The molecule has 0 aromatic heterocycles. The Morgan fingerprint density at radius 1 is 0.780 bits per heavy atom. The third kappa shape index (κ3) is 5.86. The van der Waals surface area contributed by atoms with Crippen LogP contribution >= 0.6 is 0 Å². The minimum atomic E-state index is -1.27. The van der Waals surface area contributed by atoms with E-state index in [0.717, 1.165) is 11.1 Å². The van der Waals surface area contributed by atoms with Crippen molar-refractivity contribution < 1.29 is 47.9 Å². The second-order valence-electron chi connectivity index (χ2n) is 9.12. The molecule has 1 heterocycles. The maximum atomic E-state index is 14.1. The predicted molar refractivity (Wildman–Crippen MR) is 150 cm³/mol. The van der Waals surface area contributed by atoms with Crippen LogP contribution in [0.2, 0.25) is 0 Å². The van der Waals surface area contributed by atoms with Crippen LogP contribution in [0.5, 0.6) is 40.2 Å². The summed E-state index contributed by atoms with van der Waals surface area (Å²) in [6, 6.07) is 11.6. The second-order valence-corrected chi connectivity index (χ2v) is 9.12. The molecule has 0 fully saturated rings. The number of hydrogen-bond acceptors (Lipinski definition) is 9. The van der Waals surface area contributed by atoms with Crippen LogP contribution in [0.1, 0.15) is 33.5 Å². The van der Waals surface area contributed by atoms with Crippen LogP contribution in [0.3, 0.4) is 0 Å². The number of carboxylic acid groups (broad SMARTS) is 1. The first-order valence-corrected chi connectivity index (χ1v) is 12.7. The molecule has 1 aliphatic heterocycles. The topological polar surface area (TPSA) is 119 Å². The van der Waals surface area contributed by atoms with Gasteiger partial charge in [-0.1, -0.05) is 0 Å². The fraction of sp³-hybridized carbons (Fsp3) is 0.290. The lowest BCUT2D eigenvalue weighted by Gasteiger charge is -2.17. The molecule has 10 heteroatoms. The Labute approximate surface area is 238 Å². The number of ketones is 1. The molecule has 0 bridgehead atoms. The Balaban J connectivity index is 1.87. The number of benzene rings is 3. The molecule has 0 amide bonds. The van der Waals surface area contributed by atoms with Gasteiger partial charge < -0.3 is 38.3 Å². The quantitative estimate of drug-likeness (QED) is 0.234. The zero-order chi connectivity index (χ0) is 29.7. The van der Waals surface area contributed by atoms with Crippen molar-refractivity contribution in [3.8, 4) is 40.2 Å². The molecular weight excluding hydrogens is 532 g/mol. The zero-order valence-corrected chi connectivity index (χ0v) is 23.8. The maximum absolute atomic E-state index is 14.1. The Morgan fingerprint density at radius 2 is 1.44 bits per heavy atom. The van der Waals surface area contributed by atoms with Crippen LogP contribution in [0.4, 0.5) is 0 Å². The highest BCUT2D eigenvalue weighted by molar-refractivity contribution is 6.26. The fourth-order valence-electron chi connectivity index (χ4n) is 4.80. The number of carboxylic acids is 1. The lowest BCUT2D eigenvalue weighted by molar-refractivity contribution is -0.130. The van der Waals surface area contributed by atoms with E-state index < -0.39 is 11.8 Å². The number of aliphatic carboxylic acids is 1. The normalized spacial score (nSPS) is 12.3. The molecule has 1 N–H and O–H groups in total. The average Bonchev–Trinajstić information content (AvgIpc) is 3.46. The maximum Gasteiger partial charge on any atom is 0.336 e. The number of rotatable bonds is 12. The Hall–Kier alpha value is -4.86. The molecule has 216 valence electrons. The van der Waals surface area contributed by atoms with E-state index in [2.05, 4.69) is 0 Å². The smallest absolute Gasteiger partial charge is 0.336 e. The van der Waals surface area contributed by atoms with Gasteiger partial charge in [0.15, 0.2) is 28.8 Å². The van der Waals surface area contributed by atoms with Gasteiger partial charge in [-0.25, -0.2) is 4.79 Å². The fourth-order valence-corrected chi connectivity index (χ4v) is 4.80. The average molecular weight is 565 g/mol. The van der Waals surface area contributed by atoms with Crippen molar-refractivity contribution in [3.63, 3.8) is 0 Å². The van der Waals surface area contributed by atoms with Gasteiger partial charge in [-0.05, 0) is 78.9 Å². The number of Topliss-reactive ketones (excluding diaryl/α,β-unsaturated/α-hetero) is 1. The summed E-state index contributed by atoms with van der Waals surface area (Å²) in [5, 5.41) is 10.5. The second kappa shape index (κ2) is 12.5. The number of aryl methyl sites for hydroxylation is 2. The lowest BCUT2D eigenvalue weighted by atomic mass is 9.89. The van der Waals surface area contributed by atoms with Crippen LogP contribution in [0.25, 0.3) is 5.57 Å². The molecule has 0 radical (unpaired) electrons. The van der Waals surface area contributed by atoms with Gasteiger partial charge in [-0.15, -0.1) is 0 Å². The van der Waals surface area contributed by atoms with Crippen molar-refractivity contribution in [1.82, 2.24) is 0 Å². The Kier molecular flexibility index (Phi) is 8.91. The summed E-state index contributed by atoms with van der Waals surface area (Å²) in [5.74, 6) is 1.23. The molecule has 0 aliphatic carbocycles. The highest BCUT2D eigenvalue weighted by Crippen LogP contribution is 2.44. The standard InChI is InChI=1S/C31H32O10/c1-17-11-19(8-10-22(17)35-2)28(32)21(9-7-18-12-23(36-3)29(39-6)24(13-18)37-4)27(31(33)34)20-14-25(38-5)30-26(15-20)40-16-41-30/h8,10-15H,7,9,16H2,1-6H3,(H,33,34). The van der Waals surface area contributed by atoms with Crippen molar-refractivity contribution >= 4 is 17.3 Å². The number of allylic oxidation sites excluding steroid dienone is 1. The monoisotopic (exact) mass is 564 g/mol. The molecule has 4 rings (SSSR count). The molecule has 41 heavy (non-hydrogen) atoms. The van der Waals surface area contributed by atoms with Gasteiger partial charge in [-0.3, -0.25) is 4.79 Å². The number of ether oxygens (including phenoxy) is 7. The van der Waals surface area contributed by atoms with Gasteiger partial charge in [0.05, 0.1) is 41.1 Å². The highest BCUT2D eigenvalue weighted by atomic mass is 16.7. The summed E-state index contributed by atoms with van der Waals surface area (Å²) < 4.78 is 38.1. The molecule has 1 aliphatic rings. The third-order valence-corrected chi connectivity index (χ3v) is 6.78. The van der Waals surface area contributed by atoms with E-state index in [9.17, 15) is 14.7 Å². The number of carbonyl (C=O) groups is 2. The van der Waals surface area contributed by atoms with Gasteiger partial charge in [0.2, 0.25) is 18.3 Å². The molecule has 0 unspecified atom stereocenters. The van der Waals surface area contributed by atoms with Gasteiger partial charge in [0.1, 0.15) is 5.75 Å². The van der Waals surface area contributed by atoms with E-state index in [1.807, 2.05) is 6.92 Å². The molecule has 0 saturated carbocycles. The number of methoxy groups -OCH3 is 5. The Bertz CT molecular complexity index is 1480. The van der Waals surface area contributed by atoms with E-state index in [1.165, 1.54) is 34.5 Å². The van der Waals surface area contributed by atoms with Crippen LogP contribution in [-0.2, 0) is 11.2 Å². The third-order valence-electron chi connectivity index (χ3n) is 6.78. The van der Waals surface area contributed by atoms with E-state index in [0.29, 0.717) is 52.2 Å². The molecule has 0 atom stereocenters. The SMILES string of the molecule is COc1ccc(C(=O)C(CCc2cc(OC)c(OC)c(OC)c2)=C(C(=O)O)c2cc(OC)c3c(c2)OCO3)cc1C. The molecular formula is C31H32O10. The predicted octanol–water partition coefficient (Wildman–Crippen LogP) is 5.12. The minimum absolute atomic E-state index is 0.0285. The molecule has 0 spiro atoms. The summed E-state index contributed by atoms with van der Waals surface area (Å²) >= 11 is 0. The molecule has 3 aromatic carbocycles. The summed E-state index contributed by atoms with van der Waals surface area (Å²) in [6.45, 7) is 1.79. The summed E-state index contributed by atoms with van der Waals surface area (Å²) in [4.78, 5) is 26.9. The number of hydrogen-bond donors (Lipinski definition) is 1. The van der Waals surface area contributed by atoms with Crippen molar-refractivity contribution in [3.05, 3.63) is 70.3 Å². The number of fused-ring (bicyclic) bond motifs is 1. The first kappa shape index (κ1) is 29.1. The van der Waals surface area contributed by atoms with Crippen LogP contribution < -0.4 is 33.2 Å². The van der Waals surface area contributed by atoms with Gasteiger partial charge in [0, 0.05) is 11.1 Å². The number of carbonyl (C=O) groups excluding carboxylic acids is 1. The van der Waals surface area contributed by atoms with Crippen molar-refractivity contribution in [2.75, 3.05) is 42.3 Å². The van der Waals surface area contributed by atoms with Gasteiger partial charge in [0.25, 0.3) is 0 Å². The Morgan fingerprint density at radius 3 is 2.00 bits per heavy atom. The minimum Gasteiger partial charge on any atom is -0.496 e. The van der Waals surface area contributed by atoms with Crippen molar-refractivity contribution in [2.45, 2.75) is 19.8 Å². The van der Waals surface area contributed by atoms with E-state index in [1.54, 1.807) is 43.5 Å². The van der Waals surface area contributed by atoms with Gasteiger partial charge >= 0.3 is 5.97 Å². The van der Waals surface area contributed by atoms with Crippen LogP contribution in [-0.4, -0.2) is 59.2 Å². The van der Waals surface area contributed by atoms with Crippen LogP contribution in [0, 0.1) is 6.92 Å². The van der Waals surface area contributed by atoms with E-state index >= 15 is 0 Å². The lowest BCUT2D eigenvalue weighted by Crippen LogP contribution is -2.13. The van der Waals surface area contributed by atoms with E-state index in [-0.39, 0.29) is 29.9 Å². The first-order chi connectivity index (χ1) is 19.8. The molecule has 10 nitrogen and oxygen atoms in total. The van der Waals surface area contributed by atoms with Crippen LogP contribution in [0.15, 0.2) is 48.0 Å². The van der Waals surface area contributed by atoms with E-state index in [4.69, 9.17) is 33.2 Å². The summed E-state index contributed by atoms with van der Waals surface area (Å²) in [6.07, 6.45) is 0.381.